The van der Waals surface area contributed by atoms with E-state index in [1.165, 1.54) is 32.1 Å². The molecular formula is C17H32N2O2. The fourth-order valence-electron chi connectivity index (χ4n) is 3.97. The zero-order chi connectivity index (χ0) is 15.3. The fourth-order valence-corrected chi connectivity index (χ4v) is 3.97. The zero-order valence-electron chi connectivity index (χ0n) is 13.7. The van der Waals surface area contributed by atoms with Gasteiger partial charge in [-0.2, -0.15) is 0 Å². The average Bonchev–Trinajstić information content (AvgIpc) is 3.27. The maximum atomic E-state index is 11.9. The normalized spacial score (nSPS) is 27.0. The summed E-state index contributed by atoms with van der Waals surface area (Å²) >= 11 is 0. The second kappa shape index (κ2) is 7.59. The van der Waals surface area contributed by atoms with Crippen molar-refractivity contribution in [1.29, 1.82) is 0 Å². The Morgan fingerprint density at radius 2 is 2.00 bits per heavy atom. The van der Waals surface area contributed by atoms with Crippen LogP contribution in [-0.2, 0) is 4.79 Å². The minimum Gasteiger partial charge on any atom is -0.480 e. The van der Waals surface area contributed by atoms with Gasteiger partial charge in [-0.1, -0.05) is 26.7 Å². The topological polar surface area (TPSA) is 52.6 Å². The highest BCUT2D eigenvalue weighted by Gasteiger charge is 2.51. The molecule has 1 saturated heterocycles. The van der Waals surface area contributed by atoms with Gasteiger partial charge in [0, 0.05) is 6.54 Å². The molecule has 0 amide bonds. The second-order valence-corrected chi connectivity index (χ2v) is 6.94. The van der Waals surface area contributed by atoms with Gasteiger partial charge in [0.15, 0.2) is 0 Å². The third-order valence-corrected chi connectivity index (χ3v) is 5.26. The first-order valence-corrected chi connectivity index (χ1v) is 8.83. The van der Waals surface area contributed by atoms with Crippen molar-refractivity contribution in [3.05, 3.63) is 0 Å². The summed E-state index contributed by atoms with van der Waals surface area (Å²) in [6, 6.07) is 0. The summed E-state index contributed by atoms with van der Waals surface area (Å²) in [4.78, 5) is 14.3. The summed E-state index contributed by atoms with van der Waals surface area (Å²) in [5.74, 6) is 0.519. The van der Waals surface area contributed by atoms with E-state index in [2.05, 4.69) is 17.1 Å². The molecule has 2 unspecified atom stereocenters. The molecule has 2 aliphatic rings. The van der Waals surface area contributed by atoms with E-state index in [-0.39, 0.29) is 0 Å². The maximum Gasteiger partial charge on any atom is 0.325 e. The number of aliphatic carboxylic acids is 1. The van der Waals surface area contributed by atoms with Crippen molar-refractivity contribution >= 4 is 5.97 Å². The van der Waals surface area contributed by atoms with Crippen LogP contribution in [0.2, 0.25) is 0 Å². The second-order valence-electron chi connectivity index (χ2n) is 6.94. The standard InChI is InChI=1S/C17H32N2O2/c1-3-6-14-7-5-11-19(12-10-14)13-17(16(20)21,18-4-2)15-8-9-15/h14-15,18H,3-13H2,1-2H3,(H,20,21). The van der Waals surface area contributed by atoms with E-state index in [0.29, 0.717) is 12.5 Å². The number of rotatable bonds is 8. The fraction of sp³-hybridized carbons (Fsp3) is 0.941. The molecule has 4 nitrogen and oxygen atoms in total. The highest BCUT2D eigenvalue weighted by atomic mass is 16.4. The number of carbonyl (C=O) groups is 1. The van der Waals surface area contributed by atoms with Crippen LogP contribution in [0.4, 0.5) is 0 Å². The van der Waals surface area contributed by atoms with Crippen molar-refractivity contribution in [2.45, 2.75) is 64.3 Å². The van der Waals surface area contributed by atoms with Crippen LogP contribution in [0.15, 0.2) is 0 Å². The summed E-state index contributed by atoms with van der Waals surface area (Å²) in [5, 5.41) is 13.1. The van der Waals surface area contributed by atoms with Gasteiger partial charge in [-0.05, 0) is 63.6 Å². The molecule has 1 saturated carbocycles. The monoisotopic (exact) mass is 296 g/mol. The van der Waals surface area contributed by atoms with Gasteiger partial charge in [0.25, 0.3) is 0 Å². The van der Waals surface area contributed by atoms with Crippen molar-refractivity contribution in [1.82, 2.24) is 10.2 Å². The van der Waals surface area contributed by atoms with Crippen molar-refractivity contribution in [3.63, 3.8) is 0 Å². The maximum absolute atomic E-state index is 11.9. The molecular weight excluding hydrogens is 264 g/mol. The van der Waals surface area contributed by atoms with E-state index in [1.54, 1.807) is 0 Å². The summed E-state index contributed by atoms with van der Waals surface area (Å²) in [5.41, 5.74) is -0.709. The molecule has 2 N–H and O–H groups in total. The van der Waals surface area contributed by atoms with Gasteiger partial charge in [0.1, 0.15) is 5.54 Å². The first-order chi connectivity index (χ1) is 10.1. The number of carboxylic acid groups (broad SMARTS) is 1. The number of nitrogens with zero attached hydrogens (tertiary/aromatic N) is 1. The van der Waals surface area contributed by atoms with Gasteiger partial charge in [0.05, 0.1) is 0 Å². The predicted molar refractivity (Wildman–Crippen MR) is 85.5 cm³/mol. The van der Waals surface area contributed by atoms with Crippen molar-refractivity contribution in [3.8, 4) is 0 Å². The molecule has 122 valence electrons. The van der Waals surface area contributed by atoms with Crippen LogP contribution >= 0.6 is 0 Å². The molecule has 0 aromatic carbocycles. The van der Waals surface area contributed by atoms with Crippen LogP contribution in [0.1, 0.15) is 58.8 Å². The Hall–Kier alpha value is -0.610. The minimum atomic E-state index is -0.709. The molecule has 0 spiro atoms. The van der Waals surface area contributed by atoms with Crippen LogP contribution in [0.25, 0.3) is 0 Å². The van der Waals surface area contributed by atoms with Crippen LogP contribution in [0.3, 0.4) is 0 Å². The van der Waals surface area contributed by atoms with Crippen LogP contribution < -0.4 is 5.32 Å². The lowest BCUT2D eigenvalue weighted by Gasteiger charge is -2.35. The molecule has 1 aliphatic heterocycles. The van der Waals surface area contributed by atoms with Gasteiger partial charge < -0.3 is 15.3 Å². The van der Waals surface area contributed by atoms with Crippen LogP contribution in [-0.4, -0.2) is 47.7 Å². The zero-order valence-corrected chi connectivity index (χ0v) is 13.7. The van der Waals surface area contributed by atoms with E-state index in [4.69, 9.17) is 0 Å². The molecule has 0 radical (unpaired) electrons. The van der Waals surface area contributed by atoms with E-state index in [0.717, 1.165) is 38.4 Å². The van der Waals surface area contributed by atoms with E-state index >= 15 is 0 Å². The number of likely N-dealkylation sites (tertiary alicyclic amines) is 1. The molecule has 2 rings (SSSR count). The molecule has 2 fully saturated rings. The highest BCUT2D eigenvalue weighted by molar-refractivity contribution is 5.80. The van der Waals surface area contributed by atoms with Gasteiger partial charge in [-0.25, -0.2) is 0 Å². The van der Waals surface area contributed by atoms with E-state index < -0.39 is 11.5 Å². The molecule has 2 atom stereocenters. The van der Waals surface area contributed by atoms with Crippen molar-refractivity contribution in [2.24, 2.45) is 11.8 Å². The molecule has 21 heavy (non-hydrogen) atoms. The smallest absolute Gasteiger partial charge is 0.325 e. The summed E-state index contributed by atoms with van der Waals surface area (Å²) < 4.78 is 0. The largest absolute Gasteiger partial charge is 0.480 e. The van der Waals surface area contributed by atoms with Crippen molar-refractivity contribution in [2.75, 3.05) is 26.2 Å². The quantitative estimate of drug-likeness (QED) is 0.723. The predicted octanol–water partition coefficient (Wildman–Crippen LogP) is 2.73. The molecule has 1 aliphatic carbocycles. The average molecular weight is 296 g/mol. The number of likely N-dealkylation sites (N-methyl/N-ethyl adjacent to an activating group) is 1. The Labute approximate surface area is 129 Å². The Morgan fingerprint density at radius 1 is 1.24 bits per heavy atom. The Morgan fingerprint density at radius 3 is 2.57 bits per heavy atom. The summed E-state index contributed by atoms with van der Waals surface area (Å²) in [7, 11) is 0. The minimum absolute atomic E-state index is 0.324. The highest BCUT2D eigenvalue weighted by Crippen LogP contribution is 2.41. The lowest BCUT2D eigenvalue weighted by atomic mass is 9.92. The third kappa shape index (κ3) is 4.19. The lowest BCUT2D eigenvalue weighted by molar-refractivity contribution is -0.147. The van der Waals surface area contributed by atoms with Gasteiger partial charge in [-0.15, -0.1) is 0 Å². The Kier molecular flexibility index (Phi) is 6.06. The molecule has 1 heterocycles. The Bertz CT molecular complexity index is 344. The third-order valence-electron chi connectivity index (χ3n) is 5.26. The summed E-state index contributed by atoms with van der Waals surface area (Å²) in [6.45, 7) is 7.82. The first kappa shape index (κ1) is 16.8. The van der Waals surface area contributed by atoms with Crippen molar-refractivity contribution < 1.29 is 9.90 Å². The molecule has 0 aromatic rings. The summed E-state index contributed by atoms with van der Waals surface area (Å²) in [6.07, 6.45) is 8.49. The molecule has 0 aromatic heterocycles. The molecule has 4 heteroatoms. The lowest BCUT2D eigenvalue weighted by Crippen LogP contribution is -2.60. The van der Waals surface area contributed by atoms with Gasteiger partial charge in [0.2, 0.25) is 0 Å². The first-order valence-electron chi connectivity index (χ1n) is 8.83. The SMILES string of the molecule is CCCC1CCCN(CC(NCC)(C(=O)O)C2CC2)CC1. The van der Waals surface area contributed by atoms with Crippen LogP contribution in [0, 0.1) is 11.8 Å². The van der Waals surface area contributed by atoms with E-state index in [1.807, 2.05) is 6.92 Å². The van der Waals surface area contributed by atoms with E-state index in [9.17, 15) is 9.90 Å². The van der Waals surface area contributed by atoms with Crippen LogP contribution in [0.5, 0.6) is 0 Å². The number of nitrogens with one attached hydrogen (secondary N) is 1. The van der Waals surface area contributed by atoms with Gasteiger partial charge in [-0.3, -0.25) is 4.79 Å². The Balaban J connectivity index is 1.98. The number of hydrogen-bond donors (Lipinski definition) is 2. The number of carboxylic acids is 1. The van der Waals surface area contributed by atoms with Gasteiger partial charge >= 0.3 is 5.97 Å². The number of hydrogen-bond acceptors (Lipinski definition) is 3. The molecule has 0 bridgehead atoms.